The predicted molar refractivity (Wildman–Crippen MR) is 85.6 cm³/mol. The summed E-state index contributed by atoms with van der Waals surface area (Å²) >= 11 is 0. The first-order valence-electron chi connectivity index (χ1n) is 7.12. The van der Waals surface area contributed by atoms with Gasteiger partial charge < -0.3 is 10.1 Å². The van der Waals surface area contributed by atoms with Gasteiger partial charge in [-0.1, -0.05) is 0 Å². The van der Waals surface area contributed by atoms with E-state index in [1.807, 2.05) is 0 Å². The molecule has 3 N–H and O–H groups in total. The molecule has 3 rings (SSSR count). The van der Waals surface area contributed by atoms with Crippen molar-refractivity contribution in [2.24, 2.45) is 5.73 Å². The lowest BCUT2D eigenvalue weighted by Gasteiger charge is -2.16. The van der Waals surface area contributed by atoms with Gasteiger partial charge >= 0.3 is 6.18 Å². The number of fused-ring (bicyclic) bond motifs is 1. The molecule has 4 nitrogen and oxygen atoms in total. The molecule has 3 aromatic rings. The highest BCUT2D eigenvalue weighted by Gasteiger charge is 2.36. The Kier molecular flexibility index (Phi) is 4.03. The third-order valence-electron chi connectivity index (χ3n) is 3.64. The lowest BCUT2D eigenvalue weighted by molar-refractivity contribution is -0.0919. The van der Waals surface area contributed by atoms with Gasteiger partial charge in [-0.25, -0.2) is 9.37 Å². The van der Waals surface area contributed by atoms with Crippen LogP contribution in [0.15, 0.2) is 60.7 Å². The van der Waals surface area contributed by atoms with E-state index < -0.39 is 29.0 Å². The molecule has 0 aliphatic rings. The van der Waals surface area contributed by atoms with Gasteiger partial charge in [0.15, 0.2) is 0 Å². The normalized spacial score (nSPS) is 13.0. The fourth-order valence-corrected chi connectivity index (χ4v) is 2.41. The van der Waals surface area contributed by atoms with Crippen LogP contribution in [-0.4, -0.2) is 21.3 Å². The smallest absolute Gasteiger partial charge is 0.394 e. The molecule has 0 radical (unpaired) electrons. The van der Waals surface area contributed by atoms with Crippen LogP contribution in [0.2, 0.25) is 0 Å². The molecule has 1 aromatic carbocycles. The van der Waals surface area contributed by atoms with Gasteiger partial charge in [0.1, 0.15) is 17.2 Å². The third kappa shape index (κ3) is 3.23. The van der Waals surface area contributed by atoms with Gasteiger partial charge in [0.25, 0.3) is 0 Å². The molecule has 128 valence electrons. The number of rotatable bonds is 3. The minimum atomic E-state index is -4.81. The Bertz CT molecular complexity index is 968. The summed E-state index contributed by atoms with van der Waals surface area (Å²) < 4.78 is 54.2. The largest absolute Gasteiger partial charge is 0.431 e. The molecule has 0 spiro atoms. The number of benzene rings is 1. The first-order valence-corrected chi connectivity index (χ1v) is 7.12. The molecule has 0 aliphatic heterocycles. The number of nitrogens with zero attached hydrogens (tertiary/aromatic N) is 2. The number of pyridine rings is 1. The molecule has 0 atom stereocenters. The molecular formula is C17H12F4N4. The molecule has 0 saturated carbocycles. The highest BCUT2D eigenvalue weighted by Crippen LogP contribution is 2.31. The minimum Gasteiger partial charge on any atom is -0.394 e. The average Bonchev–Trinajstić information content (AvgIpc) is 3.02. The molecule has 0 unspecified atom stereocenters. The highest BCUT2D eigenvalue weighted by molar-refractivity contribution is 6.31. The van der Waals surface area contributed by atoms with Crippen LogP contribution in [-0.2, 0) is 0 Å². The van der Waals surface area contributed by atoms with Crippen molar-refractivity contribution < 1.29 is 17.6 Å². The van der Waals surface area contributed by atoms with Crippen LogP contribution >= 0.6 is 0 Å². The second-order valence-corrected chi connectivity index (χ2v) is 5.28. The van der Waals surface area contributed by atoms with Gasteiger partial charge in [0.05, 0.1) is 5.71 Å². The zero-order valence-corrected chi connectivity index (χ0v) is 12.7. The Morgan fingerprint density at radius 1 is 1.04 bits per heavy atom. The molecule has 0 fully saturated rings. The monoisotopic (exact) mass is 348 g/mol. The second-order valence-electron chi connectivity index (χ2n) is 5.28. The summed E-state index contributed by atoms with van der Waals surface area (Å²) in [5.41, 5.74) is 3.78. The number of imidazole rings is 1. The van der Waals surface area contributed by atoms with Gasteiger partial charge in [-0.15, -0.1) is 0 Å². The van der Waals surface area contributed by atoms with Crippen molar-refractivity contribution >= 4 is 16.9 Å². The van der Waals surface area contributed by atoms with Crippen LogP contribution in [0.5, 0.6) is 0 Å². The van der Waals surface area contributed by atoms with E-state index in [1.165, 1.54) is 41.1 Å². The highest BCUT2D eigenvalue weighted by atomic mass is 19.4. The molecule has 2 heterocycles. The van der Waals surface area contributed by atoms with Crippen LogP contribution in [0.25, 0.3) is 11.2 Å². The fraction of sp³-hybridized carbons (Fsp3) is 0.0588. The number of nitrogens with one attached hydrogen (secondary N) is 1. The lowest BCUT2D eigenvalue weighted by atomic mass is 9.95. The molecule has 0 amide bonds. The van der Waals surface area contributed by atoms with E-state index in [0.717, 1.165) is 12.1 Å². The van der Waals surface area contributed by atoms with Crippen molar-refractivity contribution in [1.29, 1.82) is 5.41 Å². The minimum absolute atomic E-state index is 0.106. The number of allylic oxidation sites excluding steroid dienone is 2. The molecule has 0 aliphatic carbocycles. The van der Waals surface area contributed by atoms with Crippen molar-refractivity contribution in [3.8, 4) is 0 Å². The molecular weight excluding hydrogens is 336 g/mol. The lowest BCUT2D eigenvalue weighted by Crippen LogP contribution is -2.24. The van der Waals surface area contributed by atoms with Gasteiger partial charge in [0.2, 0.25) is 0 Å². The van der Waals surface area contributed by atoms with Gasteiger partial charge in [0, 0.05) is 35.3 Å². The van der Waals surface area contributed by atoms with Crippen LogP contribution < -0.4 is 5.73 Å². The maximum atomic E-state index is 13.2. The summed E-state index contributed by atoms with van der Waals surface area (Å²) in [5, 5.41) is 8.19. The molecule has 2 aromatic heterocycles. The van der Waals surface area contributed by atoms with E-state index >= 15 is 0 Å². The standard InChI is InChI=1S/C17H12F4N4/c18-12-4-1-10(2-5-12)15(22)14(16(23)17(19,20)21)11-3-6-13-24-7-8-25(13)9-11/h1-9,22H,23H2/b16-14-,22-15?. The number of halogens is 4. The van der Waals surface area contributed by atoms with Gasteiger partial charge in [-0.05, 0) is 36.4 Å². The Labute approximate surface area is 139 Å². The summed E-state index contributed by atoms with van der Waals surface area (Å²) in [6, 6.07) is 7.55. The van der Waals surface area contributed by atoms with E-state index in [2.05, 4.69) is 4.98 Å². The SMILES string of the molecule is N=C(/C(=C(\N)C(F)(F)F)c1ccc2nccn2c1)c1ccc(F)cc1. The Hall–Kier alpha value is -3.16. The van der Waals surface area contributed by atoms with Crippen molar-refractivity contribution in [3.05, 3.63) is 77.6 Å². The number of hydrogen-bond donors (Lipinski definition) is 2. The van der Waals surface area contributed by atoms with Crippen LogP contribution in [0.3, 0.4) is 0 Å². The number of nitrogens with two attached hydrogens (primary N) is 1. The van der Waals surface area contributed by atoms with Crippen molar-refractivity contribution in [2.75, 3.05) is 0 Å². The topological polar surface area (TPSA) is 67.2 Å². The first kappa shape index (κ1) is 16.7. The second kappa shape index (κ2) is 6.04. The zero-order chi connectivity index (χ0) is 18.2. The Morgan fingerprint density at radius 2 is 1.68 bits per heavy atom. The summed E-state index contributed by atoms with van der Waals surface area (Å²) in [7, 11) is 0. The molecule has 25 heavy (non-hydrogen) atoms. The van der Waals surface area contributed by atoms with Crippen LogP contribution in [0, 0.1) is 11.2 Å². The Balaban J connectivity index is 2.19. The van der Waals surface area contributed by atoms with Gasteiger partial charge in [-0.2, -0.15) is 13.2 Å². The summed E-state index contributed by atoms with van der Waals surface area (Å²) in [6.07, 6.45) is -0.331. The quantitative estimate of drug-likeness (QED) is 0.559. The van der Waals surface area contributed by atoms with Crippen LogP contribution in [0.1, 0.15) is 11.1 Å². The summed E-state index contributed by atoms with van der Waals surface area (Å²) in [4.78, 5) is 4.02. The molecule has 0 saturated heterocycles. The fourth-order valence-electron chi connectivity index (χ4n) is 2.41. The maximum absolute atomic E-state index is 13.2. The van der Waals surface area contributed by atoms with Crippen molar-refractivity contribution in [3.63, 3.8) is 0 Å². The van der Waals surface area contributed by atoms with E-state index in [9.17, 15) is 17.6 Å². The average molecular weight is 348 g/mol. The zero-order valence-electron chi connectivity index (χ0n) is 12.7. The first-order chi connectivity index (χ1) is 11.8. The maximum Gasteiger partial charge on any atom is 0.431 e. The molecule has 0 bridgehead atoms. The summed E-state index contributed by atoms with van der Waals surface area (Å²) in [5.74, 6) is -0.550. The number of hydrogen-bond acceptors (Lipinski definition) is 3. The van der Waals surface area contributed by atoms with E-state index in [-0.39, 0.29) is 11.1 Å². The Morgan fingerprint density at radius 3 is 2.32 bits per heavy atom. The third-order valence-corrected chi connectivity index (χ3v) is 3.64. The number of aromatic nitrogens is 2. The van der Waals surface area contributed by atoms with Crippen molar-refractivity contribution in [1.82, 2.24) is 9.38 Å². The van der Waals surface area contributed by atoms with Gasteiger partial charge in [-0.3, -0.25) is 5.41 Å². The molecule has 8 heteroatoms. The predicted octanol–water partition coefficient (Wildman–Crippen LogP) is 3.77. The van der Waals surface area contributed by atoms with E-state index in [4.69, 9.17) is 11.1 Å². The summed E-state index contributed by atoms with van der Waals surface area (Å²) in [6.45, 7) is 0. The van der Waals surface area contributed by atoms with Crippen molar-refractivity contribution in [2.45, 2.75) is 6.18 Å². The number of alkyl halides is 3. The van der Waals surface area contributed by atoms with E-state index in [0.29, 0.717) is 5.65 Å². The van der Waals surface area contributed by atoms with E-state index in [1.54, 1.807) is 6.20 Å². The van der Waals surface area contributed by atoms with Crippen LogP contribution in [0.4, 0.5) is 17.6 Å².